The van der Waals surface area contributed by atoms with Gasteiger partial charge in [-0.05, 0) is 25.0 Å². The van der Waals surface area contributed by atoms with E-state index >= 15 is 0 Å². The molecule has 1 fully saturated rings. The summed E-state index contributed by atoms with van der Waals surface area (Å²) in [6.07, 6.45) is 4.50. The largest absolute Gasteiger partial charge is 0.396 e. The molecule has 1 saturated carbocycles. The molecule has 2 rings (SSSR count). The standard InChI is InChI=1S/C13H17N3O/c14-8-11-4-3-5-12(16-11)15-9-13(10-17)6-1-2-7-13/h3-5,17H,1-2,6-7,9-10H2,(H,15,16). The van der Waals surface area contributed by atoms with Gasteiger partial charge in [-0.2, -0.15) is 5.26 Å². The molecule has 1 heterocycles. The molecule has 0 aromatic carbocycles. The molecule has 0 spiro atoms. The van der Waals surface area contributed by atoms with Crippen LogP contribution in [0.1, 0.15) is 31.4 Å². The SMILES string of the molecule is N#Cc1cccc(NCC2(CO)CCCC2)n1. The molecule has 1 aliphatic carbocycles. The molecule has 0 unspecified atom stereocenters. The lowest BCUT2D eigenvalue weighted by Crippen LogP contribution is -2.30. The number of aromatic nitrogens is 1. The van der Waals surface area contributed by atoms with Crippen LogP contribution in [0.5, 0.6) is 0 Å². The van der Waals surface area contributed by atoms with Crippen molar-refractivity contribution in [3.8, 4) is 6.07 Å². The predicted molar refractivity (Wildman–Crippen MR) is 65.4 cm³/mol. The van der Waals surface area contributed by atoms with Crippen LogP contribution in [0.4, 0.5) is 5.82 Å². The Morgan fingerprint density at radius 1 is 1.41 bits per heavy atom. The van der Waals surface area contributed by atoms with Gasteiger partial charge in [-0.3, -0.25) is 0 Å². The number of anilines is 1. The molecule has 0 amide bonds. The summed E-state index contributed by atoms with van der Waals surface area (Å²) in [6.45, 7) is 0.948. The summed E-state index contributed by atoms with van der Waals surface area (Å²) in [7, 11) is 0. The average molecular weight is 231 g/mol. The highest BCUT2D eigenvalue weighted by Gasteiger charge is 2.32. The van der Waals surface area contributed by atoms with E-state index < -0.39 is 0 Å². The maximum Gasteiger partial charge on any atom is 0.142 e. The second kappa shape index (κ2) is 5.15. The molecular weight excluding hydrogens is 214 g/mol. The highest BCUT2D eigenvalue weighted by Crippen LogP contribution is 2.37. The first-order chi connectivity index (χ1) is 8.28. The average Bonchev–Trinajstić information content (AvgIpc) is 2.86. The van der Waals surface area contributed by atoms with Crippen molar-refractivity contribution in [1.82, 2.24) is 4.98 Å². The number of nitriles is 1. The Morgan fingerprint density at radius 3 is 2.82 bits per heavy atom. The van der Waals surface area contributed by atoms with Gasteiger partial charge in [0.15, 0.2) is 0 Å². The third-order valence-corrected chi connectivity index (χ3v) is 3.51. The highest BCUT2D eigenvalue weighted by atomic mass is 16.3. The van der Waals surface area contributed by atoms with Crippen LogP contribution in [-0.2, 0) is 0 Å². The number of hydrogen-bond donors (Lipinski definition) is 2. The number of aliphatic hydroxyl groups is 1. The lowest BCUT2D eigenvalue weighted by molar-refractivity contribution is 0.142. The van der Waals surface area contributed by atoms with Crippen molar-refractivity contribution in [2.45, 2.75) is 25.7 Å². The smallest absolute Gasteiger partial charge is 0.142 e. The van der Waals surface area contributed by atoms with E-state index in [9.17, 15) is 5.11 Å². The Balaban J connectivity index is 1.99. The number of rotatable bonds is 4. The third kappa shape index (κ3) is 2.75. The van der Waals surface area contributed by atoms with Gasteiger partial charge >= 0.3 is 0 Å². The van der Waals surface area contributed by atoms with Crippen molar-refractivity contribution in [3.63, 3.8) is 0 Å². The maximum atomic E-state index is 9.48. The zero-order chi connectivity index (χ0) is 12.1. The molecule has 90 valence electrons. The van der Waals surface area contributed by atoms with E-state index in [4.69, 9.17) is 5.26 Å². The molecule has 0 atom stereocenters. The van der Waals surface area contributed by atoms with Gasteiger partial charge < -0.3 is 10.4 Å². The first-order valence-electron chi connectivity index (χ1n) is 6.00. The van der Waals surface area contributed by atoms with Crippen molar-refractivity contribution in [2.24, 2.45) is 5.41 Å². The Morgan fingerprint density at radius 2 is 2.18 bits per heavy atom. The molecule has 0 bridgehead atoms. The van der Waals surface area contributed by atoms with Crippen LogP contribution < -0.4 is 5.32 Å². The predicted octanol–water partition coefficient (Wildman–Crippen LogP) is 1.92. The van der Waals surface area contributed by atoms with Gasteiger partial charge in [0.25, 0.3) is 0 Å². The molecule has 1 aliphatic rings. The van der Waals surface area contributed by atoms with Gasteiger partial charge in [-0.1, -0.05) is 18.9 Å². The first-order valence-corrected chi connectivity index (χ1v) is 6.00. The summed E-state index contributed by atoms with van der Waals surface area (Å²) in [5.74, 6) is 0.712. The van der Waals surface area contributed by atoms with Crippen LogP contribution in [0.25, 0.3) is 0 Å². The Hall–Kier alpha value is -1.60. The lowest BCUT2D eigenvalue weighted by Gasteiger charge is -2.26. The van der Waals surface area contributed by atoms with Crippen LogP contribution in [0.15, 0.2) is 18.2 Å². The zero-order valence-electron chi connectivity index (χ0n) is 9.82. The molecular formula is C13H17N3O. The number of nitrogens with one attached hydrogen (secondary N) is 1. The second-order valence-corrected chi connectivity index (χ2v) is 4.74. The normalized spacial score (nSPS) is 17.6. The minimum Gasteiger partial charge on any atom is -0.396 e. The highest BCUT2D eigenvalue weighted by molar-refractivity contribution is 5.38. The summed E-state index contributed by atoms with van der Waals surface area (Å²) >= 11 is 0. The van der Waals surface area contributed by atoms with Crippen LogP contribution in [0.2, 0.25) is 0 Å². The number of aliphatic hydroxyl groups excluding tert-OH is 1. The minimum absolute atomic E-state index is 0.00429. The molecule has 0 aliphatic heterocycles. The fraction of sp³-hybridized carbons (Fsp3) is 0.538. The van der Waals surface area contributed by atoms with E-state index in [-0.39, 0.29) is 12.0 Å². The molecule has 0 radical (unpaired) electrons. The fourth-order valence-electron chi connectivity index (χ4n) is 2.39. The number of pyridine rings is 1. The monoisotopic (exact) mass is 231 g/mol. The quantitative estimate of drug-likeness (QED) is 0.830. The van der Waals surface area contributed by atoms with E-state index in [1.54, 1.807) is 6.07 Å². The lowest BCUT2D eigenvalue weighted by atomic mass is 9.87. The van der Waals surface area contributed by atoms with Crippen LogP contribution >= 0.6 is 0 Å². The molecule has 4 heteroatoms. The summed E-state index contributed by atoms with van der Waals surface area (Å²) in [5, 5.41) is 21.5. The number of hydrogen-bond acceptors (Lipinski definition) is 4. The van der Waals surface area contributed by atoms with Gasteiger partial charge in [0.05, 0.1) is 6.61 Å². The van der Waals surface area contributed by atoms with Crippen molar-refractivity contribution < 1.29 is 5.11 Å². The fourth-order valence-corrected chi connectivity index (χ4v) is 2.39. The third-order valence-electron chi connectivity index (χ3n) is 3.51. The summed E-state index contributed by atoms with van der Waals surface area (Å²) in [4.78, 5) is 4.16. The van der Waals surface area contributed by atoms with Crippen molar-refractivity contribution >= 4 is 5.82 Å². The van der Waals surface area contributed by atoms with E-state index in [1.165, 1.54) is 12.8 Å². The zero-order valence-corrected chi connectivity index (χ0v) is 9.82. The maximum absolute atomic E-state index is 9.48. The molecule has 1 aromatic heterocycles. The Labute approximate surface area is 101 Å². The molecule has 4 nitrogen and oxygen atoms in total. The number of nitrogens with zero attached hydrogens (tertiary/aromatic N) is 2. The Kier molecular flexibility index (Phi) is 3.60. The van der Waals surface area contributed by atoms with E-state index in [2.05, 4.69) is 10.3 Å². The molecule has 17 heavy (non-hydrogen) atoms. The minimum atomic E-state index is 0.00429. The van der Waals surface area contributed by atoms with Gasteiger partial charge in [-0.25, -0.2) is 4.98 Å². The Bertz CT molecular complexity index is 419. The van der Waals surface area contributed by atoms with Crippen LogP contribution in [0.3, 0.4) is 0 Å². The van der Waals surface area contributed by atoms with Crippen LogP contribution in [-0.4, -0.2) is 23.2 Å². The first kappa shape index (κ1) is 11.9. The van der Waals surface area contributed by atoms with Crippen LogP contribution in [0, 0.1) is 16.7 Å². The molecule has 0 saturated heterocycles. The van der Waals surface area contributed by atoms with Gasteiger partial charge in [-0.15, -0.1) is 0 Å². The van der Waals surface area contributed by atoms with Crippen molar-refractivity contribution in [3.05, 3.63) is 23.9 Å². The van der Waals surface area contributed by atoms with Gasteiger partial charge in [0, 0.05) is 12.0 Å². The second-order valence-electron chi connectivity index (χ2n) is 4.74. The summed E-state index contributed by atoms with van der Waals surface area (Å²) in [5.41, 5.74) is 0.420. The van der Waals surface area contributed by atoms with E-state index in [1.807, 2.05) is 18.2 Å². The summed E-state index contributed by atoms with van der Waals surface area (Å²) in [6, 6.07) is 7.36. The van der Waals surface area contributed by atoms with Crippen molar-refractivity contribution in [2.75, 3.05) is 18.5 Å². The van der Waals surface area contributed by atoms with E-state index in [0.717, 1.165) is 19.4 Å². The summed E-state index contributed by atoms with van der Waals surface area (Å²) < 4.78 is 0. The topological polar surface area (TPSA) is 68.9 Å². The van der Waals surface area contributed by atoms with E-state index in [0.29, 0.717) is 11.5 Å². The molecule has 2 N–H and O–H groups in total. The van der Waals surface area contributed by atoms with Crippen molar-refractivity contribution in [1.29, 1.82) is 5.26 Å². The van der Waals surface area contributed by atoms with Gasteiger partial charge in [0.2, 0.25) is 0 Å². The van der Waals surface area contributed by atoms with Gasteiger partial charge in [0.1, 0.15) is 17.6 Å². The molecule has 1 aromatic rings.